The third kappa shape index (κ3) is 3.65. The molecule has 126 valence electrons. The van der Waals surface area contributed by atoms with Crippen LogP contribution in [0.2, 0.25) is 0 Å². The SMILES string of the molecule is Cc1nc(Nc2ccc(F)cc2F)cc(C(=O)N2CCOCC2)n1. The van der Waals surface area contributed by atoms with Gasteiger partial charge in [-0.1, -0.05) is 0 Å². The van der Waals surface area contributed by atoms with Crippen molar-refractivity contribution in [1.29, 1.82) is 0 Å². The summed E-state index contributed by atoms with van der Waals surface area (Å²) in [5, 5.41) is 2.75. The second kappa shape index (κ2) is 6.88. The van der Waals surface area contributed by atoms with E-state index in [0.29, 0.717) is 32.1 Å². The van der Waals surface area contributed by atoms with Crippen LogP contribution in [-0.2, 0) is 4.74 Å². The molecule has 2 heterocycles. The zero-order valence-electron chi connectivity index (χ0n) is 13.1. The zero-order chi connectivity index (χ0) is 17.1. The number of aryl methyl sites for hydroxylation is 1. The summed E-state index contributed by atoms with van der Waals surface area (Å²) >= 11 is 0. The highest BCUT2D eigenvalue weighted by Crippen LogP contribution is 2.20. The molecule has 1 fully saturated rings. The lowest BCUT2D eigenvalue weighted by atomic mass is 10.2. The van der Waals surface area contributed by atoms with Crippen molar-refractivity contribution in [3.05, 3.63) is 47.4 Å². The van der Waals surface area contributed by atoms with Crippen molar-refractivity contribution in [2.75, 3.05) is 31.6 Å². The summed E-state index contributed by atoms with van der Waals surface area (Å²) in [4.78, 5) is 22.4. The average molecular weight is 334 g/mol. The first-order chi connectivity index (χ1) is 11.5. The van der Waals surface area contributed by atoms with E-state index in [-0.39, 0.29) is 23.1 Å². The Hall–Kier alpha value is -2.61. The van der Waals surface area contributed by atoms with Crippen LogP contribution in [0, 0.1) is 18.6 Å². The van der Waals surface area contributed by atoms with Crippen LogP contribution in [0.1, 0.15) is 16.3 Å². The fourth-order valence-electron chi connectivity index (χ4n) is 2.40. The predicted molar refractivity (Wildman–Crippen MR) is 83.1 cm³/mol. The number of carbonyl (C=O) groups excluding carboxylic acids is 1. The highest BCUT2D eigenvalue weighted by molar-refractivity contribution is 5.93. The smallest absolute Gasteiger partial charge is 0.272 e. The normalized spacial score (nSPS) is 14.5. The molecule has 6 nitrogen and oxygen atoms in total. The van der Waals surface area contributed by atoms with Gasteiger partial charge in [-0.2, -0.15) is 0 Å². The van der Waals surface area contributed by atoms with Gasteiger partial charge in [-0.05, 0) is 19.1 Å². The van der Waals surface area contributed by atoms with Crippen LogP contribution < -0.4 is 5.32 Å². The van der Waals surface area contributed by atoms with E-state index in [1.54, 1.807) is 11.8 Å². The van der Waals surface area contributed by atoms with E-state index in [1.165, 1.54) is 12.1 Å². The molecule has 2 aromatic rings. The number of carbonyl (C=O) groups is 1. The second-order valence-electron chi connectivity index (χ2n) is 5.34. The maximum Gasteiger partial charge on any atom is 0.272 e. The van der Waals surface area contributed by atoms with Gasteiger partial charge in [0.15, 0.2) is 0 Å². The number of rotatable bonds is 3. The number of benzene rings is 1. The van der Waals surface area contributed by atoms with E-state index in [9.17, 15) is 13.6 Å². The Morgan fingerprint density at radius 1 is 1.21 bits per heavy atom. The summed E-state index contributed by atoms with van der Waals surface area (Å²) in [6, 6.07) is 4.63. The van der Waals surface area contributed by atoms with Gasteiger partial charge >= 0.3 is 0 Å². The van der Waals surface area contributed by atoms with Crippen LogP contribution in [0.5, 0.6) is 0 Å². The van der Waals surface area contributed by atoms with Crippen molar-refractivity contribution in [2.45, 2.75) is 6.92 Å². The van der Waals surface area contributed by atoms with Crippen molar-refractivity contribution in [3.63, 3.8) is 0 Å². The third-order valence-corrected chi connectivity index (χ3v) is 3.55. The van der Waals surface area contributed by atoms with Crippen molar-refractivity contribution in [1.82, 2.24) is 14.9 Å². The number of halogens is 2. The van der Waals surface area contributed by atoms with Crippen LogP contribution in [0.15, 0.2) is 24.3 Å². The van der Waals surface area contributed by atoms with Gasteiger partial charge in [0.2, 0.25) is 0 Å². The monoisotopic (exact) mass is 334 g/mol. The summed E-state index contributed by atoms with van der Waals surface area (Å²) < 4.78 is 31.9. The van der Waals surface area contributed by atoms with Gasteiger partial charge in [0.25, 0.3) is 5.91 Å². The van der Waals surface area contributed by atoms with Crippen LogP contribution in [0.3, 0.4) is 0 Å². The highest BCUT2D eigenvalue weighted by Gasteiger charge is 2.21. The maximum absolute atomic E-state index is 13.8. The number of hydrogen-bond donors (Lipinski definition) is 1. The molecule has 0 saturated carbocycles. The summed E-state index contributed by atoms with van der Waals surface area (Å²) in [6.07, 6.45) is 0. The first-order valence-electron chi connectivity index (χ1n) is 7.48. The van der Waals surface area contributed by atoms with Gasteiger partial charge in [-0.15, -0.1) is 0 Å². The Labute approximate surface area is 137 Å². The Morgan fingerprint density at radius 3 is 2.67 bits per heavy atom. The van der Waals surface area contributed by atoms with Crippen LogP contribution >= 0.6 is 0 Å². The first kappa shape index (κ1) is 16.3. The van der Waals surface area contributed by atoms with E-state index in [2.05, 4.69) is 15.3 Å². The Balaban J connectivity index is 1.84. The lowest BCUT2D eigenvalue weighted by Gasteiger charge is -2.26. The molecule has 0 atom stereocenters. The van der Waals surface area contributed by atoms with Crippen molar-refractivity contribution < 1.29 is 18.3 Å². The Morgan fingerprint density at radius 2 is 1.96 bits per heavy atom. The van der Waals surface area contributed by atoms with E-state index >= 15 is 0 Å². The van der Waals surface area contributed by atoms with Gasteiger partial charge in [0.1, 0.15) is 29.0 Å². The van der Waals surface area contributed by atoms with E-state index < -0.39 is 11.6 Å². The van der Waals surface area contributed by atoms with Gasteiger partial charge in [-0.3, -0.25) is 4.79 Å². The number of ether oxygens (including phenoxy) is 1. The molecule has 0 bridgehead atoms. The topological polar surface area (TPSA) is 67.4 Å². The summed E-state index contributed by atoms with van der Waals surface area (Å²) in [7, 11) is 0. The van der Waals surface area contributed by atoms with Crippen LogP contribution in [0.4, 0.5) is 20.3 Å². The summed E-state index contributed by atoms with van der Waals surface area (Å²) in [6.45, 7) is 3.61. The van der Waals surface area contributed by atoms with Crippen molar-refractivity contribution >= 4 is 17.4 Å². The number of nitrogens with one attached hydrogen (secondary N) is 1. The van der Waals surface area contributed by atoms with Crippen molar-refractivity contribution in [3.8, 4) is 0 Å². The Bertz CT molecular complexity index is 764. The zero-order valence-corrected chi connectivity index (χ0v) is 13.1. The quantitative estimate of drug-likeness (QED) is 0.933. The molecule has 8 heteroatoms. The number of anilines is 2. The predicted octanol–water partition coefficient (Wildman–Crippen LogP) is 2.28. The Kier molecular flexibility index (Phi) is 4.66. The number of morpholine rings is 1. The average Bonchev–Trinajstić information content (AvgIpc) is 2.57. The summed E-state index contributed by atoms with van der Waals surface area (Å²) in [5.41, 5.74) is 0.286. The molecule has 1 aliphatic heterocycles. The van der Waals surface area contributed by atoms with E-state index in [1.807, 2.05) is 0 Å². The molecule has 24 heavy (non-hydrogen) atoms. The maximum atomic E-state index is 13.8. The van der Waals surface area contributed by atoms with Crippen molar-refractivity contribution in [2.24, 2.45) is 0 Å². The molecule has 1 aromatic carbocycles. The minimum Gasteiger partial charge on any atom is -0.378 e. The van der Waals surface area contributed by atoms with Gasteiger partial charge in [0, 0.05) is 25.2 Å². The van der Waals surface area contributed by atoms with Gasteiger partial charge in [-0.25, -0.2) is 18.7 Å². The molecule has 3 rings (SSSR count). The molecule has 0 radical (unpaired) electrons. The molecule has 0 unspecified atom stereocenters. The minimum atomic E-state index is -0.743. The number of hydrogen-bond acceptors (Lipinski definition) is 5. The van der Waals surface area contributed by atoms with Gasteiger partial charge in [0.05, 0.1) is 18.9 Å². The molecule has 1 N–H and O–H groups in total. The lowest BCUT2D eigenvalue weighted by molar-refractivity contribution is 0.0299. The number of nitrogens with zero attached hydrogens (tertiary/aromatic N) is 3. The number of aromatic nitrogens is 2. The fraction of sp³-hybridized carbons (Fsp3) is 0.312. The molecule has 1 saturated heterocycles. The van der Waals surface area contributed by atoms with Crippen LogP contribution in [0.25, 0.3) is 0 Å². The molecule has 0 spiro atoms. The highest BCUT2D eigenvalue weighted by atomic mass is 19.1. The van der Waals surface area contributed by atoms with E-state index in [4.69, 9.17) is 4.74 Å². The first-order valence-corrected chi connectivity index (χ1v) is 7.48. The van der Waals surface area contributed by atoms with Crippen LogP contribution in [-0.4, -0.2) is 47.1 Å². The molecular formula is C16H16F2N4O2. The fourth-order valence-corrected chi connectivity index (χ4v) is 2.40. The lowest BCUT2D eigenvalue weighted by Crippen LogP contribution is -2.41. The summed E-state index contributed by atoms with van der Waals surface area (Å²) in [5.74, 6) is -0.998. The number of amides is 1. The van der Waals surface area contributed by atoms with E-state index in [0.717, 1.165) is 12.1 Å². The molecule has 0 aliphatic carbocycles. The molecule has 1 amide bonds. The molecule has 1 aliphatic rings. The third-order valence-electron chi connectivity index (χ3n) is 3.55. The largest absolute Gasteiger partial charge is 0.378 e. The molecule has 1 aromatic heterocycles. The minimum absolute atomic E-state index is 0.0688. The van der Waals surface area contributed by atoms with Gasteiger partial charge < -0.3 is 15.0 Å². The second-order valence-corrected chi connectivity index (χ2v) is 5.34. The molecular weight excluding hydrogens is 318 g/mol. The standard InChI is InChI=1S/C16H16F2N4O2/c1-10-19-14(16(23)22-4-6-24-7-5-22)9-15(20-10)21-13-3-2-11(17)8-12(13)18/h2-3,8-9H,4-7H2,1H3,(H,19,20,21).